The van der Waals surface area contributed by atoms with E-state index < -0.39 is 17.2 Å². The van der Waals surface area contributed by atoms with Crippen molar-refractivity contribution in [1.29, 1.82) is 0 Å². The van der Waals surface area contributed by atoms with Crippen molar-refractivity contribution in [2.45, 2.75) is 38.3 Å². The van der Waals surface area contributed by atoms with Crippen LogP contribution >= 0.6 is 0 Å². The van der Waals surface area contributed by atoms with Gasteiger partial charge in [0.25, 0.3) is 0 Å². The molecule has 1 heterocycles. The summed E-state index contributed by atoms with van der Waals surface area (Å²) in [6.45, 7) is 3.60. The van der Waals surface area contributed by atoms with Crippen LogP contribution in [-0.2, 0) is 16.4 Å². The summed E-state index contributed by atoms with van der Waals surface area (Å²) in [5.41, 5.74) is -0.626. The maximum Gasteiger partial charge on any atom is 0.416 e. The summed E-state index contributed by atoms with van der Waals surface area (Å²) < 4.78 is 38.1. The van der Waals surface area contributed by atoms with E-state index >= 15 is 0 Å². The smallest absolute Gasteiger partial charge is 0.325 e. The fraction of sp³-hybridized carbons (Fsp3) is 0.462. The molecule has 0 saturated carbocycles. The quantitative estimate of drug-likeness (QED) is 0.859. The number of anilines is 1. The van der Waals surface area contributed by atoms with Crippen LogP contribution in [0.15, 0.2) is 18.2 Å². The number of nitrogens with one attached hydrogen (secondary N) is 1. The number of hydrogen-bond acceptors (Lipinski definition) is 1. The predicted molar refractivity (Wildman–Crippen MR) is 62.3 cm³/mol. The zero-order valence-corrected chi connectivity index (χ0v) is 10.2. The van der Waals surface area contributed by atoms with Crippen LogP contribution in [0, 0.1) is 0 Å². The molecule has 2 rings (SSSR count). The minimum absolute atomic E-state index is 0.223. The molecule has 1 aromatic rings. The standard InChI is InChI=1S/C13H14F3NO/c1-3-6-12(2)9-7-8(13(14,15)16)4-5-10(9)17-11(12)18/h4-5,7H,3,6H2,1-2H3,(H,17,18). The van der Waals surface area contributed by atoms with E-state index in [1.807, 2.05) is 6.92 Å². The highest BCUT2D eigenvalue weighted by atomic mass is 19.4. The van der Waals surface area contributed by atoms with Gasteiger partial charge < -0.3 is 5.32 Å². The zero-order valence-electron chi connectivity index (χ0n) is 10.2. The highest BCUT2D eigenvalue weighted by Gasteiger charge is 2.43. The third-order valence-electron chi connectivity index (χ3n) is 3.44. The number of amides is 1. The van der Waals surface area contributed by atoms with Crippen molar-refractivity contribution in [3.63, 3.8) is 0 Å². The number of benzene rings is 1. The van der Waals surface area contributed by atoms with Gasteiger partial charge in [0.15, 0.2) is 0 Å². The summed E-state index contributed by atoms with van der Waals surface area (Å²) in [5.74, 6) is -0.223. The Balaban J connectivity index is 2.53. The highest BCUT2D eigenvalue weighted by molar-refractivity contribution is 6.06. The molecule has 1 aliphatic heterocycles. The monoisotopic (exact) mass is 257 g/mol. The van der Waals surface area contributed by atoms with E-state index in [1.165, 1.54) is 6.07 Å². The van der Waals surface area contributed by atoms with Crippen LogP contribution in [0.1, 0.15) is 37.8 Å². The number of fused-ring (bicyclic) bond motifs is 1. The molecule has 1 aromatic carbocycles. The molecule has 0 radical (unpaired) electrons. The SMILES string of the molecule is CCCC1(C)C(=O)Nc2ccc(C(F)(F)F)cc21. The second-order valence-electron chi connectivity index (χ2n) is 4.79. The van der Waals surface area contributed by atoms with Gasteiger partial charge in [-0.2, -0.15) is 13.2 Å². The third kappa shape index (κ3) is 1.87. The van der Waals surface area contributed by atoms with Crippen molar-refractivity contribution in [3.05, 3.63) is 29.3 Å². The third-order valence-corrected chi connectivity index (χ3v) is 3.44. The molecule has 98 valence electrons. The van der Waals surface area contributed by atoms with E-state index in [0.29, 0.717) is 17.7 Å². The van der Waals surface area contributed by atoms with Gasteiger partial charge in [0.2, 0.25) is 5.91 Å². The van der Waals surface area contributed by atoms with Gasteiger partial charge in [0.1, 0.15) is 0 Å². The molecule has 1 amide bonds. The van der Waals surface area contributed by atoms with E-state index in [1.54, 1.807) is 6.92 Å². The van der Waals surface area contributed by atoms with Gasteiger partial charge in [-0.1, -0.05) is 13.3 Å². The molecule has 1 aliphatic rings. The van der Waals surface area contributed by atoms with Crippen LogP contribution in [0.25, 0.3) is 0 Å². The van der Waals surface area contributed by atoms with E-state index in [0.717, 1.165) is 18.6 Å². The van der Waals surface area contributed by atoms with Gasteiger partial charge in [-0.3, -0.25) is 4.79 Å². The predicted octanol–water partition coefficient (Wildman–Crippen LogP) is 3.72. The van der Waals surface area contributed by atoms with E-state index in [4.69, 9.17) is 0 Å². The minimum Gasteiger partial charge on any atom is -0.325 e. The maximum atomic E-state index is 12.7. The van der Waals surface area contributed by atoms with Crippen molar-refractivity contribution in [2.75, 3.05) is 5.32 Å². The Hall–Kier alpha value is -1.52. The van der Waals surface area contributed by atoms with Crippen molar-refractivity contribution in [2.24, 2.45) is 0 Å². The summed E-state index contributed by atoms with van der Waals surface area (Å²) in [7, 11) is 0. The van der Waals surface area contributed by atoms with E-state index in [2.05, 4.69) is 5.32 Å². The van der Waals surface area contributed by atoms with Gasteiger partial charge >= 0.3 is 6.18 Å². The lowest BCUT2D eigenvalue weighted by Crippen LogP contribution is -2.30. The van der Waals surface area contributed by atoms with Gasteiger partial charge in [0, 0.05) is 5.69 Å². The Bertz CT molecular complexity index is 495. The topological polar surface area (TPSA) is 29.1 Å². The van der Waals surface area contributed by atoms with Crippen LogP contribution in [0.4, 0.5) is 18.9 Å². The second kappa shape index (κ2) is 4.00. The van der Waals surface area contributed by atoms with Crippen LogP contribution in [-0.4, -0.2) is 5.91 Å². The first-order chi connectivity index (χ1) is 8.29. The average Bonchev–Trinajstić information content (AvgIpc) is 2.50. The fourth-order valence-electron chi connectivity index (χ4n) is 2.42. The molecule has 2 nitrogen and oxygen atoms in total. The highest BCUT2D eigenvalue weighted by Crippen LogP contribution is 2.43. The van der Waals surface area contributed by atoms with Crippen LogP contribution in [0.3, 0.4) is 0 Å². The Morgan fingerprint density at radius 3 is 2.56 bits per heavy atom. The van der Waals surface area contributed by atoms with Crippen molar-refractivity contribution < 1.29 is 18.0 Å². The van der Waals surface area contributed by atoms with Crippen LogP contribution in [0.5, 0.6) is 0 Å². The molecule has 0 fully saturated rings. The molecular formula is C13H14F3NO. The summed E-state index contributed by atoms with van der Waals surface area (Å²) in [4.78, 5) is 11.9. The molecule has 0 saturated heterocycles. The normalized spacial score (nSPS) is 22.8. The maximum absolute atomic E-state index is 12.7. The van der Waals surface area contributed by atoms with E-state index in [-0.39, 0.29) is 5.91 Å². The first-order valence-corrected chi connectivity index (χ1v) is 5.82. The van der Waals surface area contributed by atoms with Gasteiger partial charge in [-0.15, -0.1) is 0 Å². The molecule has 1 unspecified atom stereocenters. The largest absolute Gasteiger partial charge is 0.416 e. The average molecular weight is 257 g/mol. The number of halogens is 3. The molecule has 18 heavy (non-hydrogen) atoms. The van der Waals surface area contributed by atoms with Crippen LogP contribution < -0.4 is 5.32 Å². The van der Waals surface area contributed by atoms with Crippen molar-refractivity contribution in [3.8, 4) is 0 Å². The molecule has 1 atom stereocenters. The summed E-state index contributed by atoms with van der Waals surface area (Å²) in [5, 5.41) is 2.65. The lowest BCUT2D eigenvalue weighted by Gasteiger charge is -2.22. The zero-order chi connectivity index (χ0) is 13.6. The Labute approximate surface area is 103 Å². The van der Waals surface area contributed by atoms with Gasteiger partial charge in [-0.05, 0) is 37.1 Å². The van der Waals surface area contributed by atoms with Gasteiger partial charge in [0.05, 0.1) is 11.0 Å². The first-order valence-electron chi connectivity index (χ1n) is 5.82. The molecule has 0 spiro atoms. The number of hydrogen-bond donors (Lipinski definition) is 1. The Kier molecular flexibility index (Phi) is 2.87. The lowest BCUT2D eigenvalue weighted by molar-refractivity contribution is -0.137. The number of carbonyl (C=O) groups is 1. The number of carbonyl (C=O) groups excluding carboxylic acids is 1. The van der Waals surface area contributed by atoms with Gasteiger partial charge in [-0.25, -0.2) is 0 Å². The Morgan fingerprint density at radius 2 is 2.00 bits per heavy atom. The molecule has 0 bridgehead atoms. The van der Waals surface area contributed by atoms with E-state index in [9.17, 15) is 18.0 Å². The second-order valence-corrected chi connectivity index (χ2v) is 4.79. The molecule has 0 aromatic heterocycles. The Morgan fingerprint density at radius 1 is 1.33 bits per heavy atom. The molecule has 0 aliphatic carbocycles. The minimum atomic E-state index is -4.38. The molecule has 1 N–H and O–H groups in total. The molecular weight excluding hydrogens is 243 g/mol. The van der Waals surface area contributed by atoms with Crippen LogP contribution in [0.2, 0.25) is 0 Å². The van der Waals surface area contributed by atoms with Crippen molar-refractivity contribution >= 4 is 11.6 Å². The fourth-order valence-corrected chi connectivity index (χ4v) is 2.42. The molecule has 5 heteroatoms. The lowest BCUT2D eigenvalue weighted by atomic mass is 9.79. The summed E-state index contributed by atoms with van der Waals surface area (Å²) in [6.07, 6.45) is -3.11. The van der Waals surface area contributed by atoms with Crippen molar-refractivity contribution in [1.82, 2.24) is 0 Å². The summed E-state index contributed by atoms with van der Waals surface area (Å²) >= 11 is 0. The first kappa shape index (κ1) is 12.9. The number of alkyl halides is 3. The summed E-state index contributed by atoms with van der Waals surface area (Å²) in [6, 6.07) is 3.41. The number of rotatable bonds is 2.